The molecule has 7 nitrogen and oxygen atoms in total. The van der Waals surface area contributed by atoms with Gasteiger partial charge < -0.3 is 14.7 Å². The Hall–Kier alpha value is -2.78. The maximum absolute atomic E-state index is 13.1. The van der Waals surface area contributed by atoms with Crippen LogP contribution in [0.2, 0.25) is 0 Å². The lowest BCUT2D eigenvalue weighted by atomic mass is 10.2. The number of benzene rings is 1. The molecule has 9 heteroatoms. The molecule has 0 aliphatic carbocycles. The summed E-state index contributed by atoms with van der Waals surface area (Å²) >= 11 is 1.47. The zero-order chi connectivity index (χ0) is 18.1. The Bertz CT molecular complexity index is 911. The van der Waals surface area contributed by atoms with Crippen LogP contribution < -0.4 is 0 Å². The summed E-state index contributed by atoms with van der Waals surface area (Å²) in [6.07, 6.45) is 2.74. The highest BCUT2D eigenvalue weighted by atomic mass is 32.1. The predicted octanol–water partition coefficient (Wildman–Crippen LogP) is 2.39. The van der Waals surface area contributed by atoms with Gasteiger partial charge in [0.2, 0.25) is 0 Å². The van der Waals surface area contributed by atoms with Crippen molar-refractivity contribution < 1.29 is 19.0 Å². The second kappa shape index (κ2) is 6.85. The minimum absolute atomic E-state index is 0.0471. The molecule has 134 valence electrons. The summed E-state index contributed by atoms with van der Waals surface area (Å²) in [5.41, 5.74) is 0.498. The third-order valence-corrected chi connectivity index (χ3v) is 4.94. The van der Waals surface area contributed by atoms with E-state index in [2.05, 4.69) is 10.1 Å². The first-order chi connectivity index (χ1) is 12.6. The molecule has 1 aliphatic rings. The summed E-state index contributed by atoms with van der Waals surface area (Å²) in [4.78, 5) is 18.6. The minimum Gasteiger partial charge on any atom is -0.504 e. The van der Waals surface area contributed by atoms with Gasteiger partial charge >= 0.3 is 0 Å². The number of aromatic nitrogens is 3. The van der Waals surface area contributed by atoms with E-state index in [0.717, 1.165) is 5.01 Å². The SMILES string of the molecule is O=C(c1nn(-c2ccc(F)cc2)cc1O)N1CCOC(c2nccs2)C1. The van der Waals surface area contributed by atoms with Crippen molar-refractivity contribution in [3.8, 4) is 11.4 Å². The van der Waals surface area contributed by atoms with Crippen LogP contribution in [0, 0.1) is 5.82 Å². The molecule has 1 aliphatic heterocycles. The number of amides is 1. The van der Waals surface area contributed by atoms with Crippen molar-refractivity contribution in [1.29, 1.82) is 0 Å². The van der Waals surface area contributed by atoms with Gasteiger partial charge in [0.1, 0.15) is 16.9 Å². The van der Waals surface area contributed by atoms with Gasteiger partial charge in [-0.1, -0.05) is 0 Å². The van der Waals surface area contributed by atoms with Crippen molar-refractivity contribution in [2.75, 3.05) is 19.7 Å². The third kappa shape index (κ3) is 3.18. The van der Waals surface area contributed by atoms with Gasteiger partial charge in [-0.05, 0) is 24.3 Å². The molecular formula is C17H15FN4O3S. The predicted molar refractivity (Wildman–Crippen MR) is 91.9 cm³/mol. The Kier molecular flexibility index (Phi) is 4.39. The molecule has 1 atom stereocenters. The van der Waals surface area contributed by atoms with Crippen LogP contribution in [0.1, 0.15) is 21.6 Å². The first-order valence-corrected chi connectivity index (χ1v) is 8.84. The minimum atomic E-state index is -0.381. The highest BCUT2D eigenvalue weighted by Gasteiger charge is 2.30. The van der Waals surface area contributed by atoms with E-state index in [1.807, 2.05) is 5.38 Å². The fourth-order valence-corrected chi connectivity index (χ4v) is 3.45. The lowest BCUT2D eigenvalue weighted by Gasteiger charge is -2.31. The van der Waals surface area contributed by atoms with E-state index in [0.29, 0.717) is 25.4 Å². The van der Waals surface area contributed by atoms with Crippen LogP contribution >= 0.6 is 11.3 Å². The molecule has 26 heavy (non-hydrogen) atoms. The highest BCUT2D eigenvalue weighted by molar-refractivity contribution is 7.09. The summed E-state index contributed by atoms with van der Waals surface area (Å²) in [5.74, 6) is -0.979. The van der Waals surface area contributed by atoms with Crippen LogP contribution in [0.25, 0.3) is 5.69 Å². The number of hydrogen-bond acceptors (Lipinski definition) is 6. The van der Waals surface area contributed by atoms with Crippen molar-refractivity contribution in [3.63, 3.8) is 0 Å². The van der Waals surface area contributed by atoms with Gasteiger partial charge in [0.05, 0.1) is 25.0 Å². The molecule has 1 fully saturated rings. The lowest BCUT2D eigenvalue weighted by Crippen LogP contribution is -2.42. The topological polar surface area (TPSA) is 80.5 Å². The van der Waals surface area contributed by atoms with Gasteiger partial charge in [0, 0.05) is 18.1 Å². The molecule has 2 aromatic heterocycles. The summed E-state index contributed by atoms with van der Waals surface area (Å²) in [6, 6.07) is 5.61. The summed E-state index contributed by atoms with van der Waals surface area (Å²) in [5, 5.41) is 17.0. The molecule has 3 heterocycles. The number of morpholine rings is 1. The highest BCUT2D eigenvalue weighted by Crippen LogP contribution is 2.26. The number of aromatic hydroxyl groups is 1. The van der Waals surface area contributed by atoms with Crippen LogP contribution in [0.3, 0.4) is 0 Å². The lowest BCUT2D eigenvalue weighted by molar-refractivity contribution is -0.0231. The van der Waals surface area contributed by atoms with Crippen LogP contribution in [-0.4, -0.2) is 50.4 Å². The Labute approximate surface area is 152 Å². The molecule has 0 bridgehead atoms. The number of nitrogens with zero attached hydrogens (tertiary/aromatic N) is 4. The molecule has 0 saturated carbocycles. The summed E-state index contributed by atoms with van der Waals surface area (Å²) < 4.78 is 20.1. The van der Waals surface area contributed by atoms with Gasteiger partial charge in [0.25, 0.3) is 5.91 Å². The summed E-state index contributed by atoms with van der Waals surface area (Å²) in [7, 11) is 0. The third-order valence-electron chi connectivity index (χ3n) is 4.07. The van der Waals surface area contributed by atoms with E-state index in [-0.39, 0.29) is 29.3 Å². The number of ether oxygens (including phenoxy) is 1. The van der Waals surface area contributed by atoms with Crippen LogP contribution in [-0.2, 0) is 4.74 Å². The molecule has 1 unspecified atom stereocenters. The quantitative estimate of drug-likeness (QED) is 0.761. The van der Waals surface area contributed by atoms with Gasteiger partial charge in [-0.3, -0.25) is 4.79 Å². The van der Waals surface area contributed by atoms with Gasteiger partial charge in [-0.25, -0.2) is 14.1 Å². The maximum atomic E-state index is 13.1. The van der Waals surface area contributed by atoms with Gasteiger partial charge in [-0.15, -0.1) is 11.3 Å². The fraction of sp³-hybridized carbons (Fsp3) is 0.235. The van der Waals surface area contributed by atoms with Crippen molar-refractivity contribution in [2.24, 2.45) is 0 Å². The monoisotopic (exact) mass is 374 g/mol. The molecule has 1 saturated heterocycles. The van der Waals surface area contributed by atoms with E-state index >= 15 is 0 Å². The van der Waals surface area contributed by atoms with Gasteiger partial charge in [0.15, 0.2) is 11.4 Å². The zero-order valence-electron chi connectivity index (χ0n) is 13.6. The molecule has 0 radical (unpaired) electrons. The standard InChI is InChI=1S/C17H15FN4O3S/c18-11-1-3-12(4-2-11)22-9-13(23)15(20-22)17(24)21-6-7-25-14(10-21)16-19-5-8-26-16/h1-5,8-9,14,23H,6-7,10H2. The second-order valence-corrected chi connectivity index (χ2v) is 6.69. The fourth-order valence-electron chi connectivity index (χ4n) is 2.77. The van der Waals surface area contributed by atoms with Crippen molar-refractivity contribution in [1.82, 2.24) is 19.7 Å². The number of carbonyl (C=O) groups excluding carboxylic acids is 1. The zero-order valence-corrected chi connectivity index (χ0v) is 14.4. The molecule has 3 aromatic rings. The first kappa shape index (κ1) is 16.7. The molecule has 1 aromatic carbocycles. The number of thiazole rings is 1. The second-order valence-electron chi connectivity index (χ2n) is 5.76. The molecule has 1 N–H and O–H groups in total. The van der Waals surface area contributed by atoms with Crippen molar-refractivity contribution in [3.05, 3.63) is 58.6 Å². The first-order valence-electron chi connectivity index (χ1n) is 7.96. The Morgan fingerprint density at radius 2 is 2.15 bits per heavy atom. The maximum Gasteiger partial charge on any atom is 0.278 e. The van der Waals surface area contributed by atoms with Gasteiger partial charge in [-0.2, -0.15) is 5.10 Å². The number of carbonyl (C=O) groups is 1. The molecule has 0 spiro atoms. The Morgan fingerprint density at radius 3 is 2.88 bits per heavy atom. The molecule has 4 rings (SSSR count). The van der Waals surface area contributed by atoms with E-state index in [9.17, 15) is 14.3 Å². The van der Waals surface area contributed by atoms with E-state index in [1.165, 1.54) is 46.5 Å². The van der Waals surface area contributed by atoms with E-state index in [1.54, 1.807) is 11.1 Å². The number of halogens is 1. The van der Waals surface area contributed by atoms with Crippen LogP contribution in [0.5, 0.6) is 5.75 Å². The molecular weight excluding hydrogens is 359 g/mol. The average Bonchev–Trinajstić information content (AvgIpc) is 3.32. The van der Waals surface area contributed by atoms with Crippen LogP contribution in [0.4, 0.5) is 4.39 Å². The number of rotatable bonds is 3. The number of hydrogen-bond donors (Lipinski definition) is 1. The average molecular weight is 374 g/mol. The van der Waals surface area contributed by atoms with E-state index in [4.69, 9.17) is 4.74 Å². The largest absolute Gasteiger partial charge is 0.504 e. The summed E-state index contributed by atoms with van der Waals surface area (Å²) in [6.45, 7) is 1.13. The smallest absolute Gasteiger partial charge is 0.278 e. The van der Waals surface area contributed by atoms with Crippen LogP contribution in [0.15, 0.2) is 42.0 Å². The van der Waals surface area contributed by atoms with E-state index < -0.39 is 0 Å². The van der Waals surface area contributed by atoms with Crippen molar-refractivity contribution >= 4 is 17.2 Å². The van der Waals surface area contributed by atoms with Crippen molar-refractivity contribution in [2.45, 2.75) is 6.10 Å². The Morgan fingerprint density at radius 1 is 1.35 bits per heavy atom. The Balaban J connectivity index is 1.55. The normalized spacial score (nSPS) is 17.4. The molecule has 1 amide bonds.